The molecule has 4 aliphatic carbocycles. The van der Waals surface area contributed by atoms with Gasteiger partial charge in [0, 0.05) is 30.5 Å². The lowest BCUT2D eigenvalue weighted by molar-refractivity contribution is -0.119. The monoisotopic (exact) mass is 541 g/mol. The summed E-state index contributed by atoms with van der Waals surface area (Å²) in [5.41, 5.74) is 5.52. The van der Waals surface area contributed by atoms with Crippen LogP contribution in [0.4, 0.5) is 18.9 Å². The minimum atomic E-state index is -4.25. The number of hydrogen-bond acceptors (Lipinski definition) is 3. The number of aliphatic hydroxyl groups is 1. The number of nitrogens with zero attached hydrogens (tertiary/aromatic N) is 1. The molecular formula is C33H42F3NO2. The van der Waals surface area contributed by atoms with Gasteiger partial charge in [-0.15, -0.1) is 12.3 Å². The Balaban J connectivity index is 0.000000531. The highest BCUT2D eigenvalue weighted by atomic mass is 19.4. The molecule has 0 aromatic heterocycles. The van der Waals surface area contributed by atoms with Crippen LogP contribution in [0, 0.1) is 35.0 Å². The summed E-state index contributed by atoms with van der Waals surface area (Å²) in [5.74, 6) is 3.78. The number of halogens is 3. The number of hydrogen-bond donors (Lipinski definition) is 1. The van der Waals surface area contributed by atoms with E-state index in [0.29, 0.717) is 23.9 Å². The summed E-state index contributed by atoms with van der Waals surface area (Å²) in [4.78, 5) is 13.3. The third-order valence-electron chi connectivity index (χ3n) is 9.27. The standard InChI is InChI=1S/C27H32F3NO2.C6H10/c1-26-14-22(16-3-6-18(7-4-16)31(2)15-27(28,29)30)25-20-10-8-19(32)13-17(20)5-9-21(25)23(26)11-12-24(26)33;1-5-6(2,3)4/h3-4,6-7,13,21-24,33H,5,8-12,14-15H2,1-2H3;1H,2-4H3. The van der Waals surface area contributed by atoms with Crippen LogP contribution in [-0.4, -0.2) is 36.8 Å². The number of terminal acetylenes is 1. The van der Waals surface area contributed by atoms with Crippen LogP contribution in [0.1, 0.15) is 84.1 Å². The van der Waals surface area contributed by atoms with Gasteiger partial charge in [0.2, 0.25) is 0 Å². The molecule has 0 aliphatic heterocycles. The second kappa shape index (κ2) is 10.8. The van der Waals surface area contributed by atoms with Gasteiger partial charge in [0.1, 0.15) is 6.54 Å². The second-order valence-electron chi connectivity index (χ2n) is 13.1. The van der Waals surface area contributed by atoms with E-state index in [-0.39, 0.29) is 28.6 Å². The van der Waals surface area contributed by atoms with Gasteiger partial charge in [-0.2, -0.15) is 13.2 Å². The van der Waals surface area contributed by atoms with Crippen molar-refractivity contribution in [3.63, 3.8) is 0 Å². The molecule has 5 rings (SSSR count). The number of carbonyl (C=O) groups is 1. The number of anilines is 1. The predicted octanol–water partition coefficient (Wildman–Crippen LogP) is 7.61. The first-order chi connectivity index (χ1) is 18.1. The molecule has 0 saturated heterocycles. The molecular weight excluding hydrogens is 499 g/mol. The first-order valence-electron chi connectivity index (χ1n) is 14.1. The Bertz CT molecular complexity index is 1180. The average Bonchev–Trinajstić information content (AvgIpc) is 3.16. The van der Waals surface area contributed by atoms with Crippen LogP contribution in [-0.2, 0) is 4.79 Å². The van der Waals surface area contributed by atoms with Crippen molar-refractivity contribution in [2.45, 2.75) is 90.8 Å². The first kappa shape index (κ1) is 29.5. The third-order valence-corrected chi connectivity index (χ3v) is 9.27. The van der Waals surface area contributed by atoms with E-state index in [4.69, 9.17) is 6.42 Å². The summed E-state index contributed by atoms with van der Waals surface area (Å²) in [6, 6.07) is 7.50. The number of benzene rings is 1. The lowest BCUT2D eigenvalue weighted by Crippen LogP contribution is -2.45. The van der Waals surface area contributed by atoms with Crippen LogP contribution in [0.2, 0.25) is 0 Å². The van der Waals surface area contributed by atoms with Crippen molar-refractivity contribution in [3.05, 3.63) is 52.6 Å². The van der Waals surface area contributed by atoms with Crippen molar-refractivity contribution in [2.75, 3.05) is 18.5 Å². The molecule has 2 fully saturated rings. The average molecular weight is 542 g/mol. The van der Waals surface area contributed by atoms with Crippen molar-refractivity contribution in [2.24, 2.45) is 22.7 Å². The number of aliphatic hydroxyl groups excluding tert-OH is 1. The molecule has 0 radical (unpaired) electrons. The molecule has 1 aromatic rings. The van der Waals surface area contributed by atoms with Gasteiger partial charge in [-0.1, -0.05) is 24.6 Å². The van der Waals surface area contributed by atoms with Gasteiger partial charge in [0.25, 0.3) is 0 Å². The fourth-order valence-electron chi connectivity index (χ4n) is 7.25. The molecule has 3 nitrogen and oxygen atoms in total. The van der Waals surface area contributed by atoms with E-state index in [0.717, 1.165) is 44.1 Å². The molecule has 39 heavy (non-hydrogen) atoms. The van der Waals surface area contributed by atoms with Gasteiger partial charge in [0.15, 0.2) is 5.78 Å². The third kappa shape index (κ3) is 6.30. The molecule has 0 bridgehead atoms. The molecule has 0 amide bonds. The number of alkyl halides is 3. The highest BCUT2D eigenvalue weighted by Crippen LogP contribution is 2.63. The van der Waals surface area contributed by atoms with Gasteiger partial charge >= 0.3 is 6.18 Å². The predicted molar refractivity (Wildman–Crippen MR) is 150 cm³/mol. The number of allylic oxidation sites excluding steroid dienone is 4. The largest absolute Gasteiger partial charge is 0.405 e. The Hall–Kier alpha value is -2.52. The topological polar surface area (TPSA) is 40.5 Å². The van der Waals surface area contributed by atoms with Gasteiger partial charge in [0.05, 0.1) is 6.10 Å². The molecule has 212 valence electrons. The molecule has 4 aliphatic rings. The smallest absolute Gasteiger partial charge is 0.393 e. The van der Waals surface area contributed by atoms with Crippen molar-refractivity contribution >= 4 is 11.5 Å². The van der Waals surface area contributed by atoms with Gasteiger partial charge in [-0.3, -0.25) is 4.79 Å². The van der Waals surface area contributed by atoms with E-state index in [1.54, 1.807) is 12.1 Å². The van der Waals surface area contributed by atoms with E-state index in [1.807, 2.05) is 39.0 Å². The van der Waals surface area contributed by atoms with Crippen molar-refractivity contribution in [3.8, 4) is 12.3 Å². The SMILES string of the molecule is C#CC(C)(C)C.CN(CC(F)(F)F)c1ccc(C2CC3(C)C(O)CCC3C3CCC4=CC(=O)CCC4=C23)cc1. The highest BCUT2D eigenvalue weighted by Gasteiger charge is 2.56. The van der Waals surface area contributed by atoms with Gasteiger partial charge in [-0.05, 0) is 111 Å². The molecule has 0 spiro atoms. The zero-order valence-electron chi connectivity index (χ0n) is 23.9. The zero-order valence-corrected chi connectivity index (χ0v) is 23.9. The summed E-state index contributed by atoms with van der Waals surface area (Å²) in [6.07, 6.45) is 8.29. The molecule has 6 heteroatoms. The second-order valence-corrected chi connectivity index (χ2v) is 13.1. The zero-order chi connectivity index (χ0) is 28.8. The lowest BCUT2D eigenvalue weighted by atomic mass is 9.53. The number of rotatable bonds is 3. The Labute approximate surface area is 231 Å². The molecule has 2 saturated carbocycles. The Kier molecular flexibility index (Phi) is 8.16. The Morgan fingerprint density at radius 3 is 2.31 bits per heavy atom. The normalized spacial score (nSPS) is 30.3. The quantitative estimate of drug-likeness (QED) is 0.401. The van der Waals surface area contributed by atoms with Crippen LogP contribution >= 0.6 is 0 Å². The molecule has 1 aromatic carbocycles. The van der Waals surface area contributed by atoms with Crippen LogP contribution in [0.5, 0.6) is 0 Å². The number of ketones is 1. The fourth-order valence-corrected chi connectivity index (χ4v) is 7.25. The lowest BCUT2D eigenvalue weighted by Gasteiger charge is -2.52. The number of fused-ring (bicyclic) bond motifs is 4. The summed E-state index contributed by atoms with van der Waals surface area (Å²) in [6.45, 7) is 7.26. The summed E-state index contributed by atoms with van der Waals surface area (Å²) in [7, 11) is 1.46. The maximum atomic E-state index is 12.8. The van der Waals surface area contributed by atoms with Gasteiger partial charge in [-0.25, -0.2) is 0 Å². The van der Waals surface area contributed by atoms with E-state index in [9.17, 15) is 23.1 Å². The van der Waals surface area contributed by atoms with Crippen LogP contribution in [0.3, 0.4) is 0 Å². The maximum Gasteiger partial charge on any atom is 0.405 e. The van der Waals surface area contributed by atoms with E-state index < -0.39 is 12.7 Å². The van der Waals surface area contributed by atoms with Crippen LogP contribution in [0.25, 0.3) is 0 Å². The highest BCUT2D eigenvalue weighted by molar-refractivity contribution is 5.93. The fraction of sp³-hybridized carbons (Fsp3) is 0.606. The Morgan fingerprint density at radius 1 is 1.08 bits per heavy atom. The van der Waals surface area contributed by atoms with E-state index in [2.05, 4.69) is 12.8 Å². The maximum absolute atomic E-state index is 12.8. The summed E-state index contributed by atoms with van der Waals surface area (Å²) < 4.78 is 38.5. The molecule has 0 heterocycles. The summed E-state index contributed by atoms with van der Waals surface area (Å²) in [5, 5.41) is 10.9. The molecule has 5 atom stereocenters. The molecule has 1 N–H and O–H groups in total. The van der Waals surface area contributed by atoms with E-state index >= 15 is 0 Å². The van der Waals surface area contributed by atoms with Crippen molar-refractivity contribution in [1.82, 2.24) is 0 Å². The van der Waals surface area contributed by atoms with Crippen molar-refractivity contribution in [1.29, 1.82) is 0 Å². The minimum absolute atomic E-state index is 0.0694. The minimum Gasteiger partial charge on any atom is -0.393 e. The molecule has 5 unspecified atom stereocenters. The van der Waals surface area contributed by atoms with E-state index in [1.165, 1.54) is 28.7 Å². The summed E-state index contributed by atoms with van der Waals surface area (Å²) >= 11 is 0. The van der Waals surface area contributed by atoms with Crippen LogP contribution < -0.4 is 4.90 Å². The first-order valence-corrected chi connectivity index (χ1v) is 14.1. The van der Waals surface area contributed by atoms with Crippen molar-refractivity contribution < 1.29 is 23.1 Å². The van der Waals surface area contributed by atoms with Gasteiger partial charge < -0.3 is 10.0 Å². The number of carbonyl (C=O) groups excluding carboxylic acids is 1. The Morgan fingerprint density at radius 2 is 1.72 bits per heavy atom. The van der Waals surface area contributed by atoms with Crippen LogP contribution in [0.15, 0.2) is 47.1 Å².